The summed E-state index contributed by atoms with van der Waals surface area (Å²) in [6, 6.07) is 0.373. The quantitative estimate of drug-likeness (QED) is 0.264. The molecule has 0 aliphatic heterocycles. The molecule has 2 unspecified atom stereocenters. The molecule has 0 spiro atoms. The van der Waals surface area contributed by atoms with Crippen molar-refractivity contribution in [2.75, 3.05) is 26.9 Å². The van der Waals surface area contributed by atoms with Gasteiger partial charge in [-0.15, -0.1) is 24.0 Å². The van der Waals surface area contributed by atoms with E-state index in [0.29, 0.717) is 24.7 Å². The van der Waals surface area contributed by atoms with E-state index in [-0.39, 0.29) is 29.4 Å². The number of nitrogens with two attached hydrogens (primary N) is 1. The molecule has 6 heteroatoms. The smallest absolute Gasteiger partial charge is 0.188 e. The van der Waals surface area contributed by atoms with Crippen LogP contribution in [0.15, 0.2) is 4.99 Å². The van der Waals surface area contributed by atoms with Crippen molar-refractivity contribution in [3.8, 4) is 0 Å². The minimum Gasteiger partial charge on any atom is -0.382 e. The van der Waals surface area contributed by atoms with Gasteiger partial charge in [-0.1, -0.05) is 13.8 Å². The molecule has 1 aliphatic carbocycles. The highest BCUT2D eigenvalue weighted by Gasteiger charge is 2.53. The van der Waals surface area contributed by atoms with E-state index in [1.807, 2.05) is 6.92 Å². The summed E-state index contributed by atoms with van der Waals surface area (Å²) in [5.74, 6) is 0.548. The SMILES string of the molecule is CCOCCCN=C(N)NC1CC(OC)C1(CC)CC.I. The van der Waals surface area contributed by atoms with Crippen molar-refractivity contribution in [3.63, 3.8) is 0 Å². The molecule has 1 rings (SSSR count). The molecule has 1 saturated carbocycles. The number of guanidine groups is 1. The van der Waals surface area contributed by atoms with Gasteiger partial charge in [0.25, 0.3) is 0 Å². The summed E-state index contributed by atoms with van der Waals surface area (Å²) >= 11 is 0. The lowest BCUT2D eigenvalue weighted by Gasteiger charge is -2.55. The number of nitrogens with one attached hydrogen (secondary N) is 1. The zero-order chi connectivity index (χ0) is 15.0. The number of rotatable bonds is 9. The molecular formula is C15H32IN3O2. The average molecular weight is 413 g/mol. The van der Waals surface area contributed by atoms with Crippen LogP contribution in [0.3, 0.4) is 0 Å². The van der Waals surface area contributed by atoms with Crippen LogP contribution in [0.1, 0.15) is 46.5 Å². The fraction of sp³-hybridized carbons (Fsp3) is 0.933. The summed E-state index contributed by atoms with van der Waals surface area (Å²) in [5, 5.41) is 3.37. The molecule has 21 heavy (non-hydrogen) atoms. The first-order chi connectivity index (χ1) is 9.64. The minimum atomic E-state index is 0. The van der Waals surface area contributed by atoms with Crippen molar-refractivity contribution in [3.05, 3.63) is 0 Å². The second kappa shape index (κ2) is 10.6. The number of hydrogen-bond donors (Lipinski definition) is 2. The number of ether oxygens (including phenoxy) is 2. The van der Waals surface area contributed by atoms with Crippen molar-refractivity contribution in [1.82, 2.24) is 5.32 Å². The van der Waals surface area contributed by atoms with Gasteiger partial charge in [-0.3, -0.25) is 4.99 Å². The van der Waals surface area contributed by atoms with Crippen LogP contribution in [-0.4, -0.2) is 45.0 Å². The molecule has 0 bridgehead atoms. The lowest BCUT2D eigenvalue weighted by atomic mass is 9.58. The summed E-state index contributed by atoms with van der Waals surface area (Å²) in [6.07, 6.45) is 4.44. The normalized spacial score (nSPS) is 24.1. The third-order valence-corrected chi connectivity index (χ3v) is 4.64. The van der Waals surface area contributed by atoms with Gasteiger partial charge < -0.3 is 20.5 Å². The fourth-order valence-corrected chi connectivity index (χ4v) is 3.21. The number of halogens is 1. The number of aliphatic imine (C=N–C) groups is 1. The average Bonchev–Trinajstić information content (AvgIpc) is 2.44. The maximum absolute atomic E-state index is 5.97. The third kappa shape index (κ3) is 5.25. The van der Waals surface area contributed by atoms with E-state index in [9.17, 15) is 0 Å². The molecule has 0 aromatic rings. The summed E-state index contributed by atoms with van der Waals surface area (Å²) < 4.78 is 10.9. The Bertz CT molecular complexity index is 309. The molecule has 2 atom stereocenters. The Kier molecular flexibility index (Phi) is 10.6. The predicted octanol–water partition coefficient (Wildman–Crippen LogP) is 2.53. The zero-order valence-corrected chi connectivity index (χ0v) is 16.2. The molecule has 0 amide bonds. The van der Waals surface area contributed by atoms with Gasteiger partial charge in [0, 0.05) is 38.3 Å². The zero-order valence-electron chi connectivity index (χ0n) is 13.9. The van der Waals surface area contributed by atoms with Crippen molar-refractivity contribution < 1.29 is 9.47 Å². The Morgan fingerprint density at radius 3 is 2.52 bits per heavy atom. The van der Waals surface area contributed by atoms with Crippen LogP contribution in [0.2, 0.25) is 0 Å². The lowest BCUT2D eigenvalue weighted by molar-refractivity contribution is -0.118. The second-order valence-corrected chi connectivity index (χ2v) is 5.41. The molecule has 5 nitrogen and oxygen atoms in total. The molecule has 0 saturated heterocycles. The van der Waals surface area contributed by atoms with Crippen molar-refractivity contribution >= 4 is 29.9 Å². The van der Waals surface area contributed by atoms with E-state index >= 15 is 0 Å². The van der Waals surface area contributed by atoms with E-state index in [1.165, 1.54) is 0 Å². The number of hydrogen-bond acceptors (Lipinski definition) is 3. The minimum absolute atomic E-state index is 0. The fourth-order valence-electron chi connectivity index (χ4n) is 3.21. The van der Waals surface area contributed by atoms with Crippen LogP contribution in [0.25, 0.3) is 0 Å². The summed E-state index contributed by atoms with van der Waals surface area (Å²) in [7, 11) is 1.80. The van der Waals surface area contributed by atoms with E-state index < -0.39 is 0 Å². The Morgan fingerprint density at radius 2 is 2.00 bits per heavy atom. The molecule has 1 aliphatic rings. The van der Waals surface area contributed by atoms with Crippen LogP contribution in [0.5, 0.6) is 0 Å². The van der Waals surface area contributed by atoms with Crippen LogP contribution in [-0.2, 0) is 9.47 Å². The van der Waals surface area contributed by atoms with E-state index in [1.54, 1.807) is 7.11 Å². The lowest BCUT2D eigenvalue weighted by Crippen LogP contribution is -2.65. The summed E-state index contributed by atoms with van der Waals surface area (Å²) in [5.41, 5.74) is 6.17. The molecule has 1 fully saturated rings. The molecule has 126 valence electrons. The molecule has 0 aromatic carbocycles. The van der Waals surface area contributed by atoms with Gasteiger partial charge in [0.1, 0.15) is 0 Å². The topological polar surface area (TPSA) is 68.9 Å². The molecular weight excluding hydrogens is 381 g/mol. The standard InChI is InChI=1S/C15H31N3O2.HI/c1-5-15(6-2)12(11-13(15)19-4)18-14(16)17-9-8-10-20-7-3;/h12-13H,5-11H2,1-4H3,(H3,16,17,18);1H. The van der Waals surface area contributed by atoms with Gasteiger partial charge >= 0.3 is 0 Å². The van der Waals surface area contributed by atoms with Gasteiger partial charge in [0.05, 0.1) is 6.10 Å². The molecule has 0 heterocycles. The Balaban J connectivity index is 0.00000400. The summed E-state index contributed by atoms with van der Waals surface area (Å²) in [4.78, 5) is 4.37. The van der Waals surface area contributed by atoms with E-state index in [0.717, 1.165) is 38.9 Å². The number of nitrogens with zero attached hydrogens (tertiary/aromatic N) is 1. The highest BCUT2D eigenvalue weighted by atomic mass is 127. The summed E-state index contributed by atoms with van der Waals surface area (Å²) in [6.45, 7) is 8.66. The van der Waals surface area contributed by atoms with Crippen LogP contribution in [0.4, 0.5) is 0 Å². The van der Waals surface area contributed by atoms with Gasteiger partial charge in [0.15, 0.2) is 5.96 Å². The van der Waals surface area contributed by atoms with Crippen molar-refractivity contribution in [2.24, 2.45) is 16.1 Å². The first kappa shape index (κ1) is 20.9. The Labute approximate surface area is 146 Å². The Hall–Kier alpha value is -0.0800. The molecule has 0 aromatic heterocycles. The first-order valence-electron chi connectivity index (χ1n) is 7.81. The largest absolute Gasteiger partial charge is 0.382 e. The number of methoxy groups -OCH3 is 1. The highest BCUT2D eigenvalue weighted by Crippen LogP contribution is 2.48. The maximum atomic E-state index is 5.97. The van der Waals surface area contributed by atoms with Crippen LogP contribution >= 0.6 is 24.0 Å². The highest BCUT2D eigenvalue weighted by molar-refractivity contribution is 14.0. The monoisotopic (exact) mass is 413 g/mol. The molecule has 3 N–H and O–H groups in total. The van der Waals surface area contributed by atoms with Gasteiger partial charge in [-0.05, 0) is 32.6 Å². The maximum Gasteiger partial charge on any atom is 0.188 e. The van der Waals surface area contributed by atoms with Crippen LogP contribution < -0.4 is 11.1 Å². The van der Waals surface area contributed by atoms with E-state index in [2.05, 4.69) is 24.2 Å². The van der Waals surface area contributed by atoms with Gasteiger partial charge in [-0.25, -0.2) is 0 Å². The second-order valence-electron chi connectivity index (χ2n) is 5.41. The van der Waals surface area contributed by atoms with Crippen molar-refractivity contribution in [1.29, 1.82) is 0 Å². The third-order valence-electron chi connectivity index (χ3n) is 4.64. The van der Waals surface area contributed by atoms with Gasteiger partial charge in [-0.2, -0.15) is 0 Å². The first-order valence-corrected chi connectivity index (χ1v) is 7.81. The van der Waals surface area contributed by atoms with Crippen LogP contribution in [0, 0.1) is 5.41 Å². The predicted molar refractivity (Wildman–Crippen MR) is 98.4 cm³/mol. The Morgan fingerprint density at radius 1 is 1.33 bits per heavy atom. The molecule has 0 radical (unpaired) electrons. The van der Waals surface area contributed by atoms with Crippen molar-refractivity contribution in [2.45, 2.75) is 58.6 Å². The van der Waals surface area contributed by atoms with Gasteiger partial charge in [0.2, 0.25) is 0 Å². The van der Waals surface area contributed by atoms with E-state index in [4.69, 9.17) is 15.2 Å².